The van der Waals surface area contributed by atoms with Gasteiger partial charge in [-0.2, -0.15) is 0 Å². The summed E-state index contributed by atoms with van der Waals surface area (Å²) >= 11 is 0. The van der Waals surface area contributed by atoms with Crippen molar-refractivity contribution < 1.29 is 14.3 Å². The normalized spacial score (nSPS) is 20.9. The maximum atomic E-state index is 13.7. The van der Waals surface area contributed by atoms with E-state index < -0.39 is 11.5 Å². The topological polar surface area (TPSA) is 105 Å². The molecule has 5 rings (SSSR count). The molecule has 2 aromatic rings. The number of fused-ring (bicyclic) bond motifs is 2. The van der Waals surface area contributed by atoms with Crippen molar-refractivity contribution in [1.29, 1.82) is 0 Å². The van der Waals surface area contributed by atoms with Gasteiger partial charge in [-0.3, -0.25) is 14.6 Å². The van der Waals surface area contributed by atoms with Gasteiger partial charge in [-0.1, -0.05) is 38.2 Å². The first kappa shape index (κ1) is 23.7. The van der Waals surface area contributed by atoms with E-state index in [1.54, 1.807) is 12.4 Å². The summed E-state index contributed by atoms with van der Waals surface area (Å²) in [6.07, 6.45) is 12.7. The van der Waals surface area contributed by atoms with E-state index in [0.717, 1.165) is 42.6 Å². The van der Waals surface area contributed by atoms with Crippen molar-refractivity contribution in [2.45, 2.75) is 76.2 Å². The Morgan fingerprint density at radius 2 is 1.80 bits per heavy atom. The predicted molar refractivity (Wildman–Crippen MR) is 135 cm³/mol. The van der Waals surface area contributed by atoms with Crippen LogP contribution in [-0.4, -0.2) is 41.0 Å². The summed E-state index contributed by atoms with van der Waals surface area (Å²) < 4.78 is 5.50. The second kappa shape index (κ2) is 10.3. The summed E-state index contributed by atoms with van der Waals surface area (Å²) in [5, 5.41) is 9.59. The molecule has 8 nitrogen and oxygen atoms in total. The third-order valence-electron chi connectivity index (χ3n) is 7.91. The molecule has 1 unspecified atom stereocenters. The highest BCUT2D eigenvalue weighted by atomic mass is 16.5. The van der Waals surface area contributed by atoms with Gasteiger partial charge in [0.15, 0.2) is 0 Å². The van der Waals surface area contributed by atoms with Crippen molar-refractivity contribution in [2.24, 2.45) is 5.92 Å². The number of nitrogens with zero attached hydrogens (tertiary/aromatic N) is 2. The molecule has 1 saturated heterocycles. The van der Waals surface area contributed by atoms with Crippen molar-refractivity contribution in [1.82, 2.24) is 9.97 Å². The van der Waals surface area contributed by atoms with Crippen LogP contribution in [0.1, 0.15) is 69.0 Å². The number of amides is 2. The van der Waals surface area contributed by atoms with Crippen LogP contribution in [0.15, 0.2) is 30.6 Å². The summed E-state index contributed by atoms with van der Waals surface area (Å²) in [7, 11) is 0. The average molecular weight is 478 g/mol. The van der Waals surface area contributed by atoms with Gasteiger partial charge < -0.3 is 20.7 Å². The molecule has 2 aliphatic heterocycles. The molecule has 1 spiro atoms. The molecule has 1 aromatic carbocycles. The number of carbonyl (C=O) groups is 2. The van der Waals surface area contributed by atoms with Gasteiger partial charge in [0.2, 0.25) is 11.8 Å². The van der Waals surface area contributed by atoms with Crippen molar-refractivity contribution in [3.8, 4) is 0 Å². The molecule has 35 heavy (non-hydrogen) atoms. The van der Waals surface area contributed by atoms with Crippen molar-refractivity contribution in [3.63, 3.8) is 0 Å². The molecule has 1 atom stereocenters. The number of rotatable bonds is 5. The van der Waals surface area contributed by atoms with Gasteiger partial charge in [-0.05, 0) is 56.2 Å². The monoisotopic (exact) mass is 477 g/mol. The number of benzene rings is 1. The second-order valence-corrected chi connectivity index (χ2v) is 10.1. The third-order valence-corrected chi connectivity index (χ3v) is 7.91. The molecule has 2 fully saturated rings. The molecule has 8 heteroatoms. The number of nitrogens with one attached hydrogen (secondary N) is 3. The van der Waals surface area contributed by atoms with Crippen LogP contribution in [0.3, 0.4) is 0 Å². The molecule has 1 aliphatic carbocycles. The van der Waals surface area contributed by atoms with Crippen molar-refractivity contribution >= 4 is 29.0 Å². The lowest BCUT2D eigenvalue weighted by Crippen LogP contribution is -2.41. The van der Waals surface area contributed by atoms with Crippen LogP contribution < -0.4 is 16.0 Å². The Labute approximate surface area is 206 Å². The third kappa shape index (κ3) is 4.89. The van der Waals surface area contributed by atoms with E-state index in [4.69, 9.17) is 4.74 Å². The fraction of sp³-hybridized carbons (Fsp3) is 0.556. The van der Waals surface area contributed by atoms with E-state index in [1.807, 2.05) is 25.1 Å². The van der Waals surface area contributed by atoms with Gasteiger partial charge in [-0.25, -0.2) is 4.98 Å². The summed E-state index contributed by atoms with van der Waals surface area (Å²) in [6.45, 7) is 3.07. The Bertz CT molecular complexity index is 1070. The Morgan fingerprint density at radius 3 is 2.54 bits per heavy atom. The Balaban J connectivity index is 1.37. The number of aromatic nitrogens is 2. The fourth-order valence-electron chi connectivity index (χ4n) is 5.86. The lowest BCUT2D eigenvalue weighted by molar-refractivity contribution is -0.124. The maximum absolute atomic E-state index is 13.7. The number of carbonyl (C=O) groups excluding carboxylic acids is 2. The molecule has 1 aromatic heterocycles. The minimum Gasteiger partial charge on any atom is -0.381 e. The zero-order chi connectivity index (χ0) is 24.3. The Hall–Kier alpha value is -3.00. The van der Waals surface area contributed by atoms with Crippen LogP contribution in [-0.2, 0) is 19.7 Å². The van der Waals surface area contributed by atoms with E-state index in [2.05, 4.69) is 25.9 Å². The van der Waals surface area contributed by atoms with E-state index in [-0.39, 0.29) is 17.7 Å². The number of hydrogen-bond acceptors (Lipinski definition) is 6. The highest BCUT2D eigenvalue weighted by Crippen LogP contribution is 2.45. The minimum absolute atomic E-state index is 0.0338. The maximum Gasteiger partial charge on any atom is 0.247 e. The number of aryl methyl sites for hydroxylation is 1. The molecule has 186 valence electrons. The number of ether oxygens (including phenoxy) is 1. The summed E-state index contributed by atoms with van der Waals surface area (Å²) in [6, 6.07) is 5.38. The lowest BCUT2D eigenvalue weighted by Gasteiger charge is -2.31. The first-order valence-corrected chi connectivity index (χ1v) is 13.0. The van der Waals surface area contributed by atoms with Crippen molar-refractivity contribution in [3.05, 3.63) is 41.9 Å². The average Bonchev–Trinajstić information content (AvgIpc) is 3.09. The lowest BCUT2D eigenvalue weighted by atomic mass is 9.75. The fourth-order valence-corrected chi connectivity index (χ4v) is 5.86. The van der Waals surface area contributed by atoms with Gasteiger partial charge in [0, 0.05) is 37.0 Å². The summed E-state index contributed by atoms with van der Waals surface area (Å²) in [4.78, 5) is 35.3. The smallest absolute Gasteiger partial charge is 0.247 e. The summed E-state index contributed by atoms with van der Waals surface area (Å²) in [5.41, 5.74) is 2.75. The number of anilines is 3. The quantitative estimate of drug-likeness (QED) is 0.583. The zero-order valence-electron chi connectivity index (χ0n) is 20.4. The largest absolute Gasteiger partial charge is 0.381 e. The van der Waals surface area contributed by atoms with Crippen LogP contribution in [0.4, 0.5) is 17.2 Å². The van der Waals surface area contributed by atoms with Crippen LogP contribution in [0, 0.1) is 12.8 Å². The van der Waals surface area contributed by atoms with Gasteiger partial charge in [-0.15, -0.1) is 0 Å². The van der Waals surface area contributed by atoms with E-state index >= 15 is 0 Å². The first-order valence-electron chi connectivity index (χ1n) is 13.0. The van der Waals surface area contributed by atoms with Crippen LogP contribution in [0.25, 0.3) is 0 Å². The molecule has 3 aliphatic rings. The first-order chi connectivity index (χ1) is 17.1. The highest BCUT2D eigenvalue weighted by molar-refractivity contribution is 6.07. The molecular weight excluding hydrogens is 442 g/mol. The molecule has 3 N–H and O–H groups in total. The van der Waals surface area contributed by atoms with Gasteiger partial charge in [0.25, 0.3) is 0 Å². The van der Waals surface area contributed by atoms with Crippen LogP contribution in [0.5, 0.6) is 0 Å². The molecule has 0 radical (unpaired) electrons. The molecule has 1 saturated carbocycles. The molecule has 2 amide bonds. The predicted octanol–water partition coefficient (Wildman–Crippen LogP) is 4.57. The highest BCUT2D eigenvalue weighted by Gasteiger charge is 2.47. The van der Waals surface area contributed by atoms with Crippen molar-refractivity contribution in [2.75, 3.05) is 29.2 Å². The number of hydrogen-bond donors (Lipinski definition) is 3. The SMILES string of the molecule is Cc1nccnc1NC(C(=O)Nc1ccc2c(c1)NC(=O)C21CCOCC1)C1CCCCCCC1. The van der Waals surface area contributed by atoms with Gasteiger partial charge >= 0.3 is 0 Å². The zero-order valence-corrected chi connectivity index (χ0v) is 20.4. The van der Waals surface area contributed by atoms with Gasteiger partial charge in [0.1, 0.15) is 11.9 Å². The summed E-state index contributed by atoms with van der Waals surface area (Å²) in [5.74, 6) is 0.825. The molecular formula is C27H35N5O3. The second-order valence-electron chi connectivity index (χ2n) is 10.1. The van der Waals surface area contributed by atoms with Gasteiger partial charge in [0.05, 0.1) is 11.1 Å². The Morgan fingerprint density at radius 1 is 1.09 bits per heavy atom. The minimum atomic E-state index is -0.511. The van der Waals surface area contributed by atoms with E-state index in [0.29, 0.717) is 37.6 Å². The van der Waals surface area contributed by atoms with E-state index in [1.165, 1.54) is 19.3 Å². The standard InChI is InChI=1S/C27H35N5O3/c1-18-24(29-14-13-28-18)32-23(19-7-5-3-2-4-6-8-19)25(33)30-20-9-10-21-22(17-20)31-26(34)27(21)11-15-35-16-12-27/h9-10,13-14,17,19,23H,2-8,11-12,15-16H2,1H3,(H,29,32)(H,30,33)(H,31,34). The van der Waals surface area contributed by atoms with Crippen LogP contribution >= 0.6 is 0 Å². The van der Waals surface area contributed by atoms with E-state index in [9.17, 15) is 9.59 Å². The molecule has 3 heterocycles. The molecule has 0 bridgehead atoms. The van der Waals surface area contributed by atoms with Crippen LogP contribution in [0.2, 0.25) is 0 Å². The Kier molecular flexibility index (Phi) is 7.00.